The second-order valence-electron chi connectivity index (χ2n) is 9.82. The number of benzene rings is 1. The molecule has 0 saturated carbocycles. The first kappa shape index (κ1) is 33.1. The molecule has 0 spiro atoms. The highest BCUT2D eigenvalue weighted by molar-refractivity contribution is 7.80. The second-order valence-corrected chi connectivity index (χ2v) is 10.2. The van der Waals surface area contributed by atoms with E-state index >= 15 is 0 Å². The summed E-state index contributed by atoms with van der Waals surface area (Å²) in [5, 5.41) is 15.4. The third-order valence-corrected chi connectivity index (χ3v) is 5.75. The zero-order valence-electron chi connectivity index (χ0n) is 23.1. The van der Waals surface area contributed by atoms with Crippen LogP contribution >= 0.6 is 12.6 Å². The average molecular weight is 554 g/mol. The summed E-state index contributed by atoms with van der Waals surface area (Å²) in [5.41, 5.74) is -0.380. The predicted molar refractivity (Wildman–Crippen MR) is 148 cm³/mol. The van der Waals surface area contributed by atoms with Crippen molar-refractivity contribution in [2.24, 2.45) is 0 Å². The van der Waals surface area contributed by atoms with Crippen LogP contribution in [0.15, 0.2) is 24.3 Å². The van der Waals surface area contributed by atoms with E-state index in [0.29, 0.717) is 12.0 Å². The molecule has 3 N–H and O–H groups in total. The number of thiol groups is 1. The molecule has 0 heterocycles. The van der Waals surface area contributed by atoms with E-state index in [-0.39, 0.29) is 37.6 Å². The van der Waals surface area contributed by atoms with Crippen LogP contribution in [-0.2, 0) is 23.9 Å². The first-order chi connectivity index (χ1) is 17.9. The maximum Gasteiger partial charge on any atom is 0.408 e. The summed E-state index contributed by atoms with van der Waals surface area (Å²) < 4.78 is 10.2. The number of esters is 1. The van der Waals surface area contributed by atoms with Crippen molar-refractivity contribution in [3.63, 3.8) is 0 Å². The fourth-order valence-electron chi connectivity index (χ4n) is 3.70. The number of ether oxygens (including phenoxy) is 2. The molecule has 0 bridgehead atoms. The fraction of sp³-hybridized carbons (Fsp3) is 0.630. The maximum atomic E-state index is 13.8. The van der Waals surface area contributed by atoms with Gasteiger partial charge in [0, 0.05) is 18.8 Å². The van der Waals surface area contributed by atoms with Crippen LogP contribution in [0.1, 0.15) is 78.3 Å². The van der Waals surface area contributed by atoms with Crippen LogP contribution in [0, 0.1) is 0 Å². The zero-order chi connectivity index (χ0) is 28.7. The van der Waals surface area contributed by atoms with Crippen molar-refractivity contribution in [2.45, 2.75) is 84.4 Å². The summed E-state index contributed by atoms with van der Waals surface area (Å²) in [4.78, 5) is 52.9. The standard InChI is InChI=1S/C27H43N3O7S/c1-6-8-9-10-16-30(25(34)21(18-38)29-26(35)37-27(3,4)5)23(19-12-11-13-20(31)17-19)24(33)28-15-14-22(32)36-7-2/h11-13,17,21,23,31,38H,6-10,14-16,18H2,1-5H3,(H,28,33)(H,29,35). The van der Waals surface area contributed by atoms with Crippen molar-refractivity contribution in [1.29, 1.82) is 0 Å². The third-order valence-electron chi connectivity index (χ3n) is 5.39. The van der Waals surface area contributed by atoms with Gasteiger partial charge in [-0.3, -0.25) is 14.4 Å². The van der Waals surface area contributed by atoms with Crippen molar-refractivity contribution < 1.29 is 33.8 Å². The topological polar surface area (TPSA) is 134 Å². The zero-order valence-corrected chi connectivity index (χ0v) is 24.0. The summed E-state index contributed by atoms with van der Waals surface area (Å²) in [7, 11) is 0. The number of carbonyl (C=O) groups excluding carboxylic acids is 4. The van der Waals surface area contributed by atoms with E-state index in [0.717, 1.165) is 19.3 Å². The Kier molecular flexibility index (Phi) is 14.6. The van der Waals surface area contributed by atoms with Gasteiger partial charge in [-0.1, -0.05) is 38.3 Å². The molecule has 1 aromatic carbocycles. The molecule has 2 atom stereocenters. The fourth-order valence-corrected chi connectivity index (χ4v) is 3.94. The molecule has 11 heteroatoms. The minimum absolute atomic E-state index is 0.0109. The largest absolute Gasteiger partial charge is 0.508 e. The highest BCUT2D eigenvalue weighted by Gasteiger charge is 2.35. The van der Waals surface area contributed by atoms with Crippen molar-refractivity contribution >= 4 is 36.5 Å². The number of alkyl carbamates (subject to hydrolysis) is 1. The molecule has 0 aliphatic carbocycles. The van der Waals surface area contributed by atoms with Gasteiger partial charge in [-0.25, -0.2) is 4.79 Å². The Bertz CT molecular complexity index is 920. The van der Waals surface area contributed by atoms with Gasteiger partial charge in [0.1, 0.15) is 23.4 Å². The van der Waals surface area contributed by atoms with Crippen LogP contribution in [0.4, 0.5) is 4.79 Å². The van der Waals surface area contributed by atoms with Crippen molar-refractivity contribution in [2.75, 3.05) is 25.4 Å². The minimum Gasteiger partial charge on any atom is -0.508 e. The molecular formula is C27H43N3O7S. The number of nitrogens with zero attached hydrogens (tertiary/aromatic N) is 1. The van der Waals surface area contributed by atoms with Crippen LogP contribution in [0.5, 0.6) is 5.75 Å². The monoisotopic (exact) mass is 553 g/mol. The van der Waals surface area contributed by atoms with Crippen LogP contribution in [0.3, 0.4) is 0 Å². The van der Waals surface area contributed by atoms with Gasteiger partial charge < -0.3 is 30.1 Å². The number of phenolic OH excluding ortho intramolecular Hbond substituents is 1. The highest BCUT2D eigenvalue weighted by atomic mass is 32.1. The summed E-state index contributed by atoms with van der Waals surface area (Å²) in [6, 6.07) is 3.91. The van der Waals surface area contributed by atoms with Gasteiger partial charge in [-0.05, 0) is 51.8 Å². The molecule has 0 aliphatic heterocycles. The highest BCUT2D eigenvalue weighted by Crippen LogP contribution is 2.26. The van der Waals surface area contributed by atoms with E-state index in [9.17, 15) is 24.3 Å². The van der Waals surface area contributed by atoms with Gasteiger partial charge in [0.15, 0.2) is 0 Å². The van der Waals surface area contributed by atoms with Crippen LogP contribution < -0.4 is 10.6 Å². The lowest BCUT2D eigenvalue weighted by molar-refractivity contribution is -0.144. The lowest BCUT2D eigenvalue weighted by Crippen LogP contribution is -2.54. The molecule has 1 aromatic rings. The Morgan fingerprint density at radius 3 is 2.39 bits per heavy atom. The van der Waals surface area contributed by atoms with E-state index in [1.807, 2.05) is 0 Å². The van der Waals surface area contributed by atoms with Gasteiger partial charge >= 0.3 is 12.1 Å². The van der Waals surface area contributed by atoms with Crippen molar-refractivity contribution in [3.05, 3.63) is 29.8 Å². The number of amides is 3. The number of rotatable bonds is 15. The number of carbonyl (C=O) groups is 4. The Labute approximate surface area is 231 Å². The Balaban J connectivity index is 3.32. The number of hydrogen-bond donors (Lipinski definition) is 4. The third kappa shape index (κ3) is 12.1. The van der Waals surface area contributed by atoms with Crippen LogP contribution in [-0.4, -0.2) is 71.0 Å². The predicted octanol–water partition coefficient (Wildman–Crippen LogP) is 3.73. The van der Waals surface area contributed by atoms with E-state index in [1.54, 1.807) is 39.8 Å². The molecule has 0 aliphatic rings. The van der Waals surface area contributed by atoms with Crippen molar-refractivity contribution in [1.82, 2.24) is 15.5 Å². The lowest BCUT2D eigenvalue weighted by Gasteiger charge is -2.34. The van der Waals surface area contributed by atoms with E-state index in [4.69, 9.17) is 9.47 Å². The molecule has 0 radical (unpaired) electrons. The van der Waals surface area contributed by atoms with Crippen molar-refractivity contribution in [3.8, 4) is 5.75 Å². The van der Waals surface area contributed by atoms with Gasteiger partial charge in [0.2, 0.25) is 11.8 Å². The number of phenols is 1. The number of aromatic hydroxyl groups is 1. The molecular weight excluding hydrogens is 510 g/mol. The quantitative estimate of drug-likeness (QED) is 0.148. The van der Waals surface area contributed by atoms with Gasteiger partial charge in [-0.2, -0.15) is 12.6 Å². The number of hydrogen-bond acceptors (Lipinski definition) is 8. The summed E-state index contributed by atoms with van der Waals surface area (Å²) in [5.74, 6) is -1.59. The molecule has 2 unspecified atom stereocenters. The molecule has 0 saturated heterocycles. The molecule has 1 rings (SSSR count). The average Bonchev–Trinajstić information content (AvgIpc) is 2.83. The Hall–Kier alpha value is -2.95. The number of nitrogens with one attached hydrogen (secondary N) is 2. The molecule has 214 valence electrons. The molecule has 0 fully saturated rings. The summed E-state index contributed by atoms with van der Waals surface area (Å²) in [6.07, 6.45) is 2.59. The van der Waals surface area contributed by atoms with Gasteiger partial charge in [0.25, 0.3) is 0 Å². The first-order valence-corrected chi connectivity index (χ1v) is 13.7. The maximum absolute atomic E-state index is 13.8. The Morgan fingerprint density at radius 1 is 1.11 bits per heavy atom. The molecule has 38 heavy (non-hydrogen) atoms. The molecule has 10 nitrogen and oxygen atoms in total. The SMILES string of the molecule is CCCCCCN(C(=O)C(CS)NC(=O)OC(C)(C)C)C(C(=O)NCCC(=O)OCC)c1cccc(O)c1. The first-order valence-electron chi connectivity index (χ1n) is 13.1. The van der Waals surface area contributed by atoms with Gasteiger partial charge in [-0.15, -0.1) is 0 Å². The second kappa shape index (κ2) is 16.8. The lowest BCUT2D eigenvalue weighted by atomic mass is 10.0. The van der Waals surface area contributed by atoms with E-state index in [1.165, 1.54) is 17.0 Å². The minimum atomic E-state index is -1.12. The van der Waals surface area contributed by atoms with Crippen LogP contribution in [0.25, 0.3) is 0 Å². The molecule has 0 aromatic heterocycles. The van der Waals surface area contributed by atoms with Gasteiger partial charge in [0.05, 0.1) is 13.0 Å². The normalized spacial score (nSPS) is 12.7. The van der Waals surface area contributed by atoms with E-state index < -0.39 is 41.6 Å². The van der Waals surface area contributed by atoms with E-state index in [2.05, 4.69) is 30.2 Å². The molecule has 3 amide bonds. The summed E-state index contributed by atoms with van der Waals surface area (Å²) in [6.45, 7) is 9.36. The summed E-state index contributed by atoms with van der Waals surface area (Å²) >= 11 is 4.27. The Morgan fingerprint density at radius 2 is 1.82 bits per heavy atom. The number of unbranched alkanes of at least 4 members (excludes halogenated alkanes) is 3. The van der Waals surface area contributed by atoms with Crippen LogP contribution in [0.2, 0.25) is 0 Å². The smallest absolute Gasteiger partial charge is 0.408 e.